The predicted molar refractivity (Wildman–Crippen MR) is 33.9 cm³/mol. The van der Waals surface area contributed by atoms with E-state index in [2.05, 4.69) is 0 Å². The van der Waals surface area contributed by atoms with E-state index in [1.54, 1.807) is 0 Å². The quantitative estimate of drug-likeness (QED) is 0.467. The van der Waals surface area contributed by atoms with Crippen molar-refractivity contribution in [1.82, 2.24) is 0 Å². The van der Waals surface area contributed by atoms with Gasteiger partial charge in [0.1, 0.15) is 5.57 Å². The molecule has 0 bridgehead atoms. The monoisotopic (exact) mass is 294 g/mol. The second kappa shape index (κ2) is 3.29. The molecule has 0 aromatic heterocycles. The summed E-state index contributed by atoms with van der Waals surface area (Å²) in [5, 5.41) is 0. The van der Waals surface area contributed by atoms with Gasteiger partial charge in [-0.1, -0.05) is 0 Å². The topological polar surface area (TPSA) is 0 Å². The maximum absolute atomic E-state index is 12.6. The Morgan fingerprint density at radius 2 is 1.11 bits per heavy atom. The van der Waals surface area contributed by atoms with Crippen molar-refractivity contribution in [1.29, 1.82) is 0 Å². The van der Waals surface area contributed by atoms with Crippen LogP contribution >= 0.6 is 0 Å². The summed E-state index contributed by atoms with van der Waals surface area (Å²) >= 11 is 0. The van der Waals surface area contributed by atoms with Gasteiger partial charge in [-0.25, -0.2) is 0 Å². The lowest BCUT2D eigenvalue weighted by atomic mass is 9.85. The van der Waals surface area contributed by atoms with Crippen LogP contribution in [0.4, 0.5) is 48.3 Å². The van der Waals surface area contributed by atoms with E-state index in [1.807, 2.05) is 0 Å². The van der Waals surface area contributed by atoms with Crippen molar-refractivity contribution in [3.63, 3.8) is 0 Å². The molecule has 0 radical (unpaired) electrons. The smallest absolute Gasteiger partial charge is 0.195 e. The Hall–Kier alpha value is -1.03. The predicted octanol–water partition coefficient (Wildman–Crippen LogP) is 4.03. The third-order valence-corrected chi connectivity index (χ3v) is 2.18. The first kappa shape index (κ1) is 15.0. The van der Waals surface area contributed by atoms with E-state index in [9.17, 15) is 48.3 Å². The highest BCUT2D eigenvalue weighted by molar-refractivity contribution is 5.34. The second-order valence-electron chi connectivity index (χ2n) is 3.40. The Balaban J connectivity index is 3.64. The van der Waals surface area contributed by atoms with Crippen molar-refractivity contribution in [2.45, 2.75) is 29.9 Å². The molecule has 0 aliphatic heterocycles. The van der Waals surface area contributed by atoms with Crippen LogP contribution in [0.1, 0.15) is 0 Å². The molecule has 0 fully saturated rings. The molecule has 0 unspecified atom stereocenters. The van der Waals surface area contributed by atoms with Gasteiger partial charge in [-0.3, -0.25) is 0 Å². The molecule has 0 spiro atoms. The van der Waals surface area contributed by atoms with Gasteiger partial charge in [-0.05, 0) is 0 Å². The lowest BCUT2D eigenvalue weighted by Crippen LogP contribution is -2.66. The van der Waals surface area contributed by atoms with E-state index >= 15 is 0 Å². The van der Waals surface area contributed by atoms with Crippen LogP contribution in [0.15, 0.2) is 11.6 Å². The third-order valence-electron chi connectivity index (χ3n) is 2.18. The minimum absolute atomic E-state index is 1.87. The molecule has 1 rings (SSSR count). The first-order valence-corrected chi connectivity index (χ1v) is 3.91. The van der Waals surface area contributed by atoms with Crippen molar-refractivity contribution >= 4 is 0 Å². The van der Waals surface area contributed by atoms with Gasteiger partial charge in [0.05, 0.1) is 0 Å². The molecule has 0 saturated heterocycles. The molecule has 0 nitrogen and oxygen atoms in total. The highest BCUT2D eigenvalue weighted by Crippen LogP contribution is 2.61. The Bertz CT molecular complexity index is 385. The van der Waals surface area contributed by atoms with E-state index in [4.69, 9.17) is 0 Å². The van der Waals surface area contributed by atoms with Crippen LogP contribution in [0, 0.1) is 0 Å². The molecule has 11 heteroatoms. The number of hydrogen-bond acceptors (Lipinski definition) is 0. The van der Waals surface area contributed by atoms with Crippen molar-refractivity contribution in [2.75, 3.05) is 0 Å². The van der Waals surface area contributed by atoms with Gasteiger partial charge >= 0.3 is 29.9 Å². The van der Waals surface area contributed by atoms with E-state index in [0.717, 1.165) is 0 Å². The number of hydrogen-bond donors (Lipinski definition) is 0. The summed E-state index contributed by atoms with van der Waals surface area (Å²) in [4.78, 5) is 0. The molecule has 0 amide bonds. The molecular weight excluding hydrogens is 293 g/mol. The standard InChI is InChI=1S/C7HF11/c8-3(9)1-2(5(12,13)14)4(10,11)7(17,18)6(3,15)16/h1H. The van der Waals surface area contributed by atoms with E-state index in [1.165, 1.54) is 0 Å². The Labute approximate surface area is 91.1 Å². The molecule has 106 valence electrons. The number of alkyl halides is 11. The summed E-state index contributed by atoms with van der Waals surface area (Å²) in [7, 11) is 0. The van der Waals surface area contributed by atoms with Gasteiger partial charge in [0.15, 0.2) is 0 Å². The van der Waals surface area contributed by atoms with Gasteiger partial charge in [0, 0.05) is 6.08 Å². The normalized spacial score (nSPS) is 28.7. The zero-order valence-electron chi connectivity index (χ0n) is 7.73. The van der Waals surface area contributed by atoms with Gasteiger partial charge in [0.25, 0.3) is 0 Å². The van der Waals surface area contributed by atoms with Crippen molar-refractivity contribution in [3.8, 4) is 0 Å². The van der Waals surface area contributed by atoms with Crippen LogP contribution in [0.3, 0.4) is 0 Å². The van der Waals surface area contributed by atoms with Crippen molar-refractivity contribution in [2.24, 2.45) is 0 Å². The molecule has 0 aromatic rings. The molecule has 0 N–H and O–H groups in total. The fraction of sp³-hybridized carbons (Fsp3) is 0.714. The van der Waals surface area contributed by atoms with E-state index < -0.39 is 41.5 Å². The maximum Gasteiger partial charge on any atom is 0.418 e. The van der Waals surface area contributed by atoms with Crippen molar-refractivity contribution < 1.29 is 48.3 Å². The lowest BCUT2D eigenvalue weighted by Gasteiger charge is -2.41. The summed E-state index contributed by atoms with van der Waals surface area (Å²) in [6.45, 7) is 0. The van der Waals surface area contributed by atoms with Crippen molar-refractivity contribution in [3.05, 3.63) is 11.6 Å². The van der Waals surface area contributed by atoms with Crippen LogP contribution < -0.4 is 0 Å². The molecule has 1 aliphatic rings. The van der Waals surface area contributed by atoms with Gasteiger partial charge < -0.3 is 0 Å². The second-order valence-corrected chi connectivity index (χ2v) is 3.40. The summed E-state index contributed by atoms with van der Waals surface area (Å²) in [6.07, 6.45) is -8.17. The van der Waals surface area contributed by atoms with Crippen LogP contribution in [-0.2, 0) is 0 Å². The zero-order valence-corrected chi connectivity index (χ0v) is 7.73. The van der Waals surface area contributed by atoms with Crippen LogP contribution in [0.25, 0.3) is 0 Å². The van der Waals surface area contributed by atoms with Gasteiger partial charge in [0.2, 0.25) is 0 Å². The van der Waals surface area contributed by atoms with Crippen LogP contribution in [0.2, 0.25) is 0 Å². The number of rotatable bonds is 0. The minimum atomic E-state index is -6.87. The summed E-state index contributed by atoms with van der Waals surface area (Å²) in [5.74, 6) is -26.0. The van der Waals surface area contributed by atoms with Gasteiger partial charge in [-0.15, -0.1) is 0 Å². The molecule has 1 aliphatic carbocycles. The molecule has 18 heavy (non-hydrogen) atoms. The van der Waals surface area contributed by atoms with E-state index in [-0.39, 0.29) is 0 Å². The zero-order chi connectivity index (χ0) is 14.8. The minimum Gasteiger partial charge on any atom is -0.195 e. The van der Waals surface area contributed by atoms with Crippen LogP contribution in [0.5, 0.6) is 0 Å². The third kappa shape index (κ3) is 1.58. The molecule has 0 heterocycles. The first-order chi connectivity index (χ1) is 7.59. The summed E-state index contributed by atoms with van der Waals surface area (Å²) < 4.78 is 136. The average Bonchev–Trinajstić information content (AvgIpc) is 2.09. The van der Waals surface area contributed by atoms with Crippen LogP contribution in [-0.4, -0.2) is 29.9 Å². The van der Waals surface area contributed by atoms with E-state index in [0.29, 0.717) is 0 Å². The fourth-order valence-corrected chi connectivity index (χ4v) is 1.20. The Kier molecular flexibility index (Phi) is 2.75. The number of allylic oxidation sites excluding steroid dienone is 2. The Morgan fingerprint density at radius 1 is 0.722 bits per heavy atom. The fourth-order valence-electron chi connectivity index (χ4n) is 1.20. The highest BCUT2D eigenvalue weighted by Gasteiger charge is 2.85. The SMILES string of the molecule is FC(F)(F)C1=CC(F)(F)C(F)(F)C(F)(F)C1(F)F. The lowest BCUT2D eigenvalue weighted by molar-refractivity contribution is -0.363. The summed E-state index contributed by atoms with van der Waals surface area (Å²) in [5.41, 5.74) is -3.70. The first-order valence-electron chi connectivity index (χ1n) is 3.91. The maximum atomic E-state index is 12.6. The highest BCUT2D eigenvalue weighted by atomic mass is 19.4. The Morgan fingerprint density at radius 3 is 1.44 bits per heavy atom. The molecule has 0 aromatic carbocycles. The molecule has 0 atom stereocenters. The molecule has 0 saturated carbocycles. The number of halogens is 11. The summed E-state index contributed by atoms with van der Waals surface area (Å²) in [6, 6.07) is 0. The average molecular weight is 294 g/mol. The largest absolute Gasteiger partial charge is 0.418 e. The van der Waals surface area contributed by atoms with Gasteiger partial charge in [-0.2, -0.15) is 48.3 Å². The molecular formula is C7HF11.